The van der Waals surface area contributed by atoms with Crippen LogP contribution >= 0.6 is 0 Å². The summed E-state index contributed by atoms with van der Waals surface area (Å²) in [4.78, 5) is 17.7. The molecule has 3 aromatic rings. The molecule has 2 heterocycles. The number of nitrogens with zero attached hydrogens (tertiary/aromatic N) is 2. The summed E-state index contributed by atoms with van der Waals surface area (Å²) in [6.45, 7) is 1.99. The maximum atomic E-state index is 11.0. The van der Waals surface area contributed by atoms with Crippen molar-refractivity contribution in [2.75, 3.05) is 5.32 Å². The Hall–Kier alpha value is -2.89. The zero-order chi connectivity index (χ0) is 14.1. The minimum atomic E-state index is -0.428. The number of anilines is 2. The summed E-state index contributed by atoms with van der Waals surface area (Å²) in [5, 5.41) is 15.1. The maximum absolute atomic E-state index is 11.0. The highest BCUT2D eigenvalue weighted by atomic mass is 16.6. The first-order valence-electron chi connectivity index (χ1n) is 6.08. The molecule has 3 rings (SSSR count). The molecule has 0 saturated carbocycles. The number of aromatic amines is 1. The third kappa shape index (κ3) is 2.18. The number of nitro groups is 1. The molecule has 6 nitrogen and oxygen atoms in total. The monoisotopic (exact) mass is 268 g/mol. The molecule has 0 saturated heterocycles. The van der Waals surface area contributed by atoms with Crippen molar-refractivity contribution in [1.29, 1.82) is 0 Å². The molecular weight excluding hydrogens is 256 g/mol. The van der Waals surface area contributed by atoms with E-state index in [9.17, 15) is 10.1 Å². The normalized spacial score (nSPS) is 10.7. The van der Waals surface area contributed by atoms with Crippen LogP contribution in [0.5, 0.6) is 0 Å². The van der Waals surface area contributed by atoms with Gasteiger partial charge in [-0.2, -0.15) is 0 Å². The fraction of sp³-hybridized carbons (Fsp3) is 0.0714. The van der Waals surface area contributed by atoms with Crippen LogP contribution in [-0.2, 0) is 0 Å². The highest BCUT2D eigenvalue weighted by molar-refractivity contribution is 5.85. The van der Waals surface area contributed by atoms with Gasteiger partial charge >= 0.3 is 0 Å². The average molecular weight is 268 g/mol. The molecule has 0 aliphatic carbocycles. The Bertz CT molecular complexity index is 795. The number of aromatic nitrogens is 2. The zero-order valence-electron chi connectivity index (χ0n) is 10.8. The first-order chi connectivity index (χ1) is 9.63. The minimum absolute atomic E-state index is 0.00495. The second kappa shape index (κ2) is 4.65. The van der Waals surface area contributed by atoms with E-state index in [1.54, 1.807) is 0 Å². The molecule has 0 spiro atoms. The third-order valence-corrected chi connectivity index (χ3v) is 3.03. The molecule has 0 amide bonds. The fourth-order valence-electron chi connectivity index (χ4n) is 2.15. The van der Waals surface area contributed by atoms with Crippen LogP contribution in [0.4, 0.5) is 17.1 Å². The number of hydrogen-bond acceptors (Lipinski definition) is 4. The van der Waals surface area contributed by atoms with Crippen LogP contribution in [0.2, 0.25) is 0 Å². The number of hydrogen-bond donors (Lipinski definition) is 2. The largest absolute Gasteiger partial charge is 0.359 e. The summed E-state index contributed by atoms with van der Waals surface area (Å²) in [6.07, 6.45) is 2.85. The molecule has 2 N–H and O–H groups in total. The highest BCUT2D eigenvalue weighted by Gasteiger charge is 2.13. The molecule has 0 atom stereocenters. The van der Waals surface area contributed by atoms with Crippen molar-refractivity contribution in [3.8, 4) is 0 Å². The molecule has 2 aromatic heterocycles. The van der Waals surface area contributed by atoms with Crippen molar-refractivity contribution < 1.29 is 4.92 Å². The number of H-pyrrole nitrogens is 1. The molecule has 0 aliphatic heterocycles. The second-order valence-electron chi connectivity index (χ2n) is 4.53. The Balaban J connectivity index is 1.98. The number of aryl methyl sites for hydroxylation is 1. The van der Waals surface area contributed by atoms with E-state index in [1.165, 1.54) is 18.5 Å². The van der Waals surface area contributed by atoms with E-state index in [-0.39, 0.29) is 5.69 Å². The summed E-state index contributed by atoms with van der Waals surface area (Å²) in [7, 11) is 0. The summed E-state index contributed by atoms with van der Waals surface area (Å²) in [6, 6.07) is 9.15. The van der Waals surface area contributed by atoms with E-state index in [1.807, 2.05) is 31.2 Å². The van der Waals surface area contributed by atoms with Gasteiger partial charge < -0.3 is 10.3 Å². The molecule has 0 aliphatic rings. The van der Waals surface area contributed by atoms with Crippen LogP contribution in [0.1, 0.15) is 5.69 Å². The van der Waals surface area contributed by atoms with Crippen molar-refractivity contribution in [2.45, 2.75) is 6.92 Å². The number of benzene rings is 1. The SMILES string of the molecule is Cc1cc2cc(Nc3cnccc3[N+](=O)[O-])ccc2[nH]1. The Morgan fingerprint density at radius 1 is 1.30 bits per heavy atom. The number of rotatable bonds is 3. The predicted octanol–water partition coefficient (Wildman–Crippen LogP) is 3.52. The first kappa shape index (κ1) is 12.2. The van der Waals surface area contributed by atoms with Gasteiger partial charge in [-0.05, 0) is 31.2 Å². The van der Waals surface area contributed by atoms with E-state index < -0.39 is 4.92 Å². The van der Waals surface area contributed by atoms with E-state index in [2.05, 4.69) is 15.3 Å². The zero-order valence-corrected chi connectivity index (χ0v) is 10.8. The molecular formula is C14H12N4O2. The highest BCUT2D eigenvalue weighted by Crippen LogP contribution is 2.27. The van der Waals surface area contributed by atoms with E-state index >= 15 is 0 Å². The topological polar surface area (TPSA) is 83.8 Å². The third-order valence-electron chi connectivity index (χ3n) is 3.03. The van der Waals surface area contributed by atoms with Crippen molar-refractivity contribution in [1.82, 2.24) is 9.97 Å². The van der Waals surface area contributed by atoms with Crippen LogP contribution in [-0.4, -0.2) is 14.9 Å². The number of fused-ring (bicyclic) bond motifs is 1. The van der Waals surface area contributed by atoms with Gasteiger partial charge in [-0.3, -0.25) is 15.1 Å². The van der Waals surface area contributed by atoms with Gasteiger partial charge in [0.25, 0.3) is 5.69 Å². The van der Waals surface area contributed by atoms with Gasteiger partial charge in [0, 0.05) is 34.5 Å². The van der Waals surface area contributed by atoms with Crippen molar-refractivity contribution in [2.24, 2.45) is 0 Å². The second-order valence-corrected chi connectivity index (χ2v) is 4.53. The summed E-state index contributed by atoms with van der Waals surface area (Å²) >= 11 is 0. The summed E-state index contributed by atoms with van der Waals surface area (Å²) < 4.78 is 0. The lowest BCUT2D eigenvalue weighted by Crippen LogP contribution is -1.97. The predicted molar refractivity (Wildman–Crippen MR) is 77.2 cm³/mol. The van der Waals surface area contributed by atoms with Crippen molar-refractivity contribution in [3.63, 3.8) is 0 Å². The Kier molecular flexibility index (Phi) is 2.83. The molecule has 1 aromatic carbocycles. The number of pyridine rings is 1. The van der Waals surface area contributed by atoms with Gasteiger partial charge in [-0.25, -0.2) is 0 Å². The molecule has 0 unspecified atom stereocenters. The van der Waals surface area contributed by atoms with Crippen LogP contribution < -0.4 is 5.32 Å². The lowest BCUT2D eigenvalue weighted by Gasteiger charge is -2.06. The number of nitrogens with one attached hydrogen (secondary N) is 2. The summed E-state index contributed by atoms with van der Waals surface area (Å²) in [5.74, 6) is 0. The van der Waals surface area contributed by atoms with E-state index in [0.29, 0.717) is 5.69 Å². The molecule has 0 radical (unpaired) electrons. The average Bonchev–Trinajstić information content (AvgIpc) is 2.78. The van der Waals surface area contributed by atoms with Crippen LogP contribution in [0.3, 0.4) is 0 Å². The van der Waals surface area contributed by atoms with Gasteiger partial charge in [0.2, 0.25) is 0 Å². The molecule has 100 valence electrons. The van der Waals surface area contributed by atoms with Crippen LogP contribution in [0.15, 0.2) is 42.7 Å². The molecule has 0 fully saturated rings. The molecule has 20 heavy (non-hydrogen) atoms. The Morgan fingerprint density at radius 3 is 2.95 bits per heavy atom. The van der Waals surface area contributed by atoms with E-state index in [4.69, 9.17) is 0 Å². The lowest BCUT2D eigenvalue weighted by atomic mass is 10.2. The first-order valence-corrected chi connectivity index (χ1v) is 6.08. The lowest BCUT2D eigenvalue weighted by molar-refractivity contribution is -0.384. The Labute approximate surface area is 114 Å². The van der Waals surface area contributed by atoms with Gasteiger partial charge in [0.1, 0.15) is 5.69 Å². The molecule has 6 heteroatoms. The van der Waals surface area contributed by atoms with Gasteiger partial charge in [-0.15, -0.1) is 0 Å². The standard InChI is InChI=1S/C14H12N4O2/c1-9-6-10-7-11(2-3-12(10)16-9)17-13-8-15-5-4-14(13)18(19)20/h2-8,16-17H,1H3. The quantitative estimate of drug-likeness (QED) is 0.562. The Morgan fingerprint density at radius 2 is 2.15 bits per heavy atom. The maximum Gasteiger partial charge on any atom is 0.295 e. The van der Waals surface area contributed by atoms with E-state index in [0.717, 1.165) is 22.3 Å². The van der Waals surface area contributed by atoms with Gasteiger partial charge in [0.15, 0.2) is 0 Å². The van der Waals surface area contributed by atoms with Crippen LogP contribution in [0, 0.1) is 17.0 Å². The smallest absolute Gasteiger partial charge is 0.295 e. The van der Waals surface area contributed by atoms with Crippen LogP contribution in [0.25, 0.3) is 10.9 Å². The van der Waals surface area contributed by atoms with Crippen molar-refractivity contribution >= 4 is 28.0 Å². The molecule has 0 bridgehead atoms. The minimum Gasteiger partial charge on any atom is -0.359 e. The van der Waals surface area contributed by atoms with Gasteiger partial charge in [-0.1, -0.05) is 0 Å². The summed E-state index contributed by atoms with van der Waals surface area (Å²) in [5.41, 5.74) is 3.28. The van der Waals surface area contributed by atoms with Crippen molar-refractivity contribution in [3.05, 3.63) is 58.5 Å². The van der Waals surface area contributed by atoms with Gasteiger partial charge in [0.05, 0.1) is 11.1 Å². The fourth-order valence-corrected chi connectivity index (χ4v) is 2.15.